The normalized spacial score (nSPS) is 13.4. The van der Waals surface area contributed by atoms with Crippen LogP contribution in [0, 0.1) is 11.8 Å². The molecule has 15 nitrogen and oxygen atoms in total. The molecule has 0 aromatic carbocycles. The van der Waals surface area contributed by atoms with E-state index in [4.69, 9.17) is 24.3 Å². The first-order valence-corrected chi connectivity index (χ1v) is 12.2. The molecule has 0 bridgehead atoms. The molecule has 0 saturated heterocycles. The van der Waals surface area contributed by atoms with Gasteiger partial charge in [-0.05, 0) is 38.5 Å². The van der Waals surface area contributed by atoms with E-state index >= 15 is 0 Å². The molecular weight excluding hydrogens is 561 g/mol. The number of nitrogens with two attached hydrogens (primary N) is 4. The van der Waals surface area contributed by atoms with Gasteiger partial charge in [0.05, 0.1) is 12.6 Å². The maximum Gasteiger partial charge on any atom is 1.00 e. The van der Waals surface area contributed by atoms with Crippen molar-refractivity contribution in [3.63, 3.8) is 0 Å². The molecule has 40 heavy (non-hydrogen) atoms. The van der Waals surface area contributed by atoms with Gasteiger partial charge >= 0.3 is 35.5 Å². The Kier molecular flexibility index (Phi) is 22.7. The van der Waals surface area contributed by atoms with Gasteiger partial charge in [0.2, 0.25) is 23.6 Å². The Bertz CT molecular complexity index is 953. The van der Waals surface area contributed by atoms with Crippen molar-refractivity contribution in [2.75, 3.05) is 6.54 Å². The molecule has 0 aliphatic heterocycles. The fourth-order valence-electron chi connectivity index (χ4n) is 3.42. The van der Waals surface area contributed by atoms with Crippen LogP contribution in [-0.2, 0) is 33.6 Å². The van der Waals surface area contributed by atoms with Crippen LogP contribution in [0.3, 0.4) is 0 Å². The number of carboxylic acid groups (broad SMARTS) is 1. The number of ketones is 1. The predicted octanol–water partition coefficient (Wildman–Crippen LogP) is -11.4. The van der Waals surface area contributed by atoms with Crippen molar-refractivity contribution >= 4 is 47.6 Å². The summed E-state index contributed by atoms with van der Waals surface area (Å²) >= 11 is 0. The largest absolute Gasteiger partial charge is 1.00 e. The number of primary amides is 2. The van der Waals surface area contributed by atoms with Crippen LogP contribution >= 0.6 is 0 Å². The van der Waals surface area contributed by atoms with Crippen LogP contribution < -0.4 is 85.6 Å². The standard InChI is InChI=1S/C23H39N7O8.ClH.Na/c1-13(6-9-19(34)35)22(38)30-15(17(32)12-14(20(24)36)4-3-11-31)7-8-18(33)29-16(21(25)37)5-2-10-28-23(26)27;;/h11,13-16H,2-10,12H2,1H3,(H2,24,36)(H2,25,37)(H,29,33)(H,30,38)(H,34,35)(H4,26,27,28);1H;/q;;+1/p-1/i11T;;. The first-order chi connectivity index (χ1) is 18.1. The van der Waals surface area contributed by atoms with Crippen LogP contribution in [0.1, 0.15) is 66.1 Å². The van der Waals surface area contributed by atoms with Crippen LogP contribution in [0.15, 0.2) is 0 Å². The summed E-state index contributed by atoms with van der Waals surface area (Å²) in [5.74, 6) is -6.87. The van der Waals surface area contributed by atoms with Crippen molar-refractivity contribution in [3.05, 3.63) is 0 Å². The van der Waals surface area contributed by atoms with Gasteiger partial charge in [-0.1, -0.05) is 6.92 Å². The van der Waals surface area contributed by atoms with Gasteiger partial charge in [0.15, 0.2) is 5.78 Å². The molecule has 4 unspecified atom stereocenters. The number of hydrogen-bond acceptors (Lipinski definition) is 8. The summed E-state index contributed by atoms with van der Waals surface area (Å²) < 4.78 is 6.99. The number of carbonyl (C=O) groups excluding carboxylic acids is 7. The van der Waals surface area contributed by atoms with E-state index in [1.165, 1.54) is 6.92 Å². The van der Waals surface area contributed by atoms with E-state index in [2.05, 4.69) is 15.6 Å². The monoisotopic (exact) mass is 601 g/mol. The average Bonchev–Trinajstić information content (AvgIpc) is 2.83. The van der Waals surface area contributed by atoms with E-state index < -0.39 is 72.0 Å². The van der Waals surface area contributed by atoms with Crippen molar-refractivity contribution in [3.8, 4) is 0 Å². The molecule has 0 spiro atoms. The molecule has 0 rings (SSSR count). The summed E-state index contributed by atoms with van der Waals surface area (Å²) in [5.41, 5.74) is 21.2. The summed E-state index contributed by atoms with van der Waals surface area (Å²) in [6.45, 7) is 1.77. The van der Waals surface area contributed by atoms with Gasteiger partial charge in [-0.15, -0.1) is 0 Å². The summed E-state index contributed by atoms with van der Waals surface area (Å²) in [6, 6.07) is -2.28. The van der Waals surface area contributed by atoms with Gasteiger partial charge in [-0.2, -0.15) is 0 Å². The van der Waals surface area contributed by atoms with E-state index in [-0.39, 0.29) is 92.9 Å². The molecule has 0 aliphatic rings. The number of carboxylic acids is 1. The maximum atomic E-state index is 13.0. The van der Waals surface area contributed by atoms with Crippen LogP contribution in [0.5, 0.6) is 0 Å². The summed E-state index contributed by atoms with van der Waals surface area (Å²) in [6.07, 6.45) is -2.28. The van der Waals surface area contributed by atoms with Crippen molar-refractivity contribution in [2.45, 2.75) is 76.8 Å². The minimum absolute atomic E-state index is 0. The first-order valence-electron chi connectivity index (χ1n) is 12.7. The Labute approximate surface area is 262 Å². The molecule has 0 radical (unpaired) electrons. The SMILES string of the molecule is [3H]C(=O)CCC(CC(=O)C(CCC(=O)NC(CCC[NH+]=C(N)N)C(N)=O)NC(=O)C(C)CCC(=O)[O-])C(N)=O.[Cl-].[Na+]. The van der Waals surface area contributed by atoms with Crippen molar-refractivity contribution in [1.29, 1.82) is 0 Å². The van der Waals surface area contributed by atoms with E-state index in [1.807, 2.05) is 0 Å². The maximum absolute atomic E-state index is 13.0. The average molecular weight is 602 g/mol. The molecule has 0 aliphatic carbocycles. The number of hydrogen-bond donors (Lipinski definition) is 7. The number of aldehydes is 1. The number of carbonyl (C=O) groups is 7. The molecule has 222 valence electrons. The summed E-state index contributed by atoms with van der Waals surface area (Å²) in [7, 11) is 0. The molecule has 4 atom stereocenters. The fourth-order valence-corrected chi connectivity index (χ4v) is 3.42. The molecule has 17 heteroatoms. The molecule has 0 fully saturated rings. The van der Waals surface area contributed by atoms with Crippen molar-refractivity contribution in [2.24, 2.45) is 34.8 Å². The zero-order valence-electron chi connectivity index (χ0n) is 23.8. The summed E-state index contributed by atoms with van der Waals surface area (Å²) in [4.78, 5) is 86.0. The number of Topliss-reactive ketones (excluding diaryl/α,β-unsaturated/α-hetero) is 1. The predicted molar refractivity (Wildman–Crippen MR) is 132 cm³/mol. The Morgan fingerprint density at radius 2 is 1.55 bits per heavy atom. The third kappa shape index (κ3) is 19.3. The molecule has 0 aromatic heterocycles. The molecule has 11 N–H and O–H groups in total. The smallest absolute Gasteiger partial charge is 1.00 e. The quantitative estimate of drug-likeness (QED) is 0.0214. The third-order valence-electron chi connectivity index (χ3n) is 5.72. The molecule has 0 saturated carbocycles. The minimum Gasteiger partial charge on any atom is -1.00 e. The molecular formula is C23H39ClN7NaO8. The van der Waals surface area contributed by atoms with E-state index in [9.17, 15) is 38.7 Å². The number of nitrogens with one attached hydrogen (secondary N) is 3. The number of aliphatic carboxylic acids is 1. The molecule has 0 aromatic rings. The van der Waals surface area contributed by atoms with Crippen LogP contribution in [0.4, 0.5) is 0 Å². The fraction of sp³-hybridized carbons (Fsp3) is 0.652. The third-order valence-corrected chi connectivity index (χ3v) is 5.72. The number of rotatable bonds is 21. The summed E-state index contributed by atoms with van der Waals surface area (Å²) in [5, 5.41) is 15.6. The Morgan fingerprint density at radius 1 is 0.925 bits per heavy atom. The Hall–Kier alpha value is -2.75. The Morgan fingerprint density at radius 3 is 2.05 bits per heavy atom. The topological polar surface area (TPSA) is 285 Å². The van der Waals surface area contributed by atoms with Gasteiger partial charge in [0, 0.05) is 37.1 Å². The number of guanidine groups is 1. The first kappa shape index (κ1) is 39.4. The number of amides is 4. The van der Waals surface area contributed by atoms with Gasteiger partial charge in [0.25, 0.3) is 0 Å². The van der Waals surface area contributed by atoms with Gasteiger partial charge in [-0.3, -0.25) is 40.4 Å². The van der Waals surface area contributed by atoms with Crippen LogP contribution in [0.25, 0.3) is 0 Å². The second-order valence-electron chi connectivity index (χ2n) is 8.91. The zero-order valence-corrected chi connectivity index (χ0v) is 25.6. The van der Waals surface area contributed by atoms with Crippen molar-refractivity contribution in [1.82, 2.24) is 10.6 Å². The Balaban J connectivity index is -0.00000722. The van der Waals surface area contributed by atoms with Crippen molar-refractivity contribution < 1.29 is 87.0 Å². The van der Waals surface area contributed by atoms with Gasteiger partial charge < -0.3 is 49.2 Å². The number of halogens is 1. The van der Waals surface area contributed by atoms with Gasteiger partial charge in [-0.25, -0.2) is 0 Å². The second-order valence-corrected chi connectivity index (χ2v) is 8.91. The van der Waals surface area contributed by atoms with Crippen LogP contribution in [-0.4, -0.2) is 66.2 Å². The van der Waals surface area contributed by atoms with E-state index in [0.29, 0.717) is 13.0 Å². The van der Waals surface area contributed by atoms with E-state index in [0.717, 1.165) is 0 Å². The second kappa shape index (κ2) is 23.0. The van der Waals surface area contributed by atoms with E-state index in [1.54, 1.807) is 0 Å². The molecule has 0 heterocycles. The molecule has 4 amide bonds. The van der Waals surface area contributed by atoms with Crippen LogP contribution in [0.2, 0.25) is 0 Å². The van der Waals surface area contributed by atoms with Gasteiger partial charge in [0.1, 0.15) is 13.7 Å². The minimum atomic E-state index is -1.35. The zero-order chi connectivity index (χ0) is 30.1.